The molecular weight excluding hydrogens is 240 g/mol. The highest BCUT2D eigenvalue weighted by atomic mass is 16.5. The molecule has 0 aliphatic rings. The van der Waals surface area contributed by atoms with Crippen LogP contribution >= 0.6 is 0 Å². The predicted molar refractivity (Wildman–Crippen MR) is 69.9 cm³/mol. The Morgan fingerprint density at radius 2 is 2.05 bits per heavy atom. The molecule has 3 heterocycles. The van der Waals surface area contributed by atoms with Crippen LogP contribution in [0.4, 0.5) is 0 Å². The highest BCUT2D eigenvalue weighted by molar-refractivity contribution is 5.31. The van der Waals surface area contributed by atoms with Crippen LogP contribution in [0.1, 0.15) is 5.69 Å². The summed E-state index contributed by atoms with van der Waals surface area (Å²) >= 11 is 0. The second-order valence-corrected chi connectivity index (χ2v) is 3.93. The Morgan fingerprint density at radius 3 is 2.74 bits per heavy atom. The number of imidazole rings is 1. The Balaban J connectivity index is 1.67. The predicted octanol–water partition coefficient (Wildman–Crippen LogP) is 2.24. The monoisotopic (exact) mass is 252 g/mol. The first-order chi connectivity index (χ1) is 9.42. The minimum Gasteiger partial charge on any atom is -0.471 e. The van der Waals surface area contributed by atoms with E-state index in [9.17, 15) is 0 Å². The molecule has 5 nitrogen and oxygen atoms in total. The Bertz CT molecular complexity index is 620. The van der Waals surface area contributed by atoms with Gasteiger partial charge in [-0.25, -0.2) is 9.97 Å². The van der Waals surface area contributed by atoms with Gasteiger partial charge in [0.15, 0.2) is 0 Å². The number of nitrogens with zero attached hydrogens (tertiary/aromatic N) is 4. The van der Waals surface area contributed by atoms with Gasteiger partial charge in [0, 0.05) is 24.7 Å². The summed E-state index contributed by atoms with van der Waals surface area (Å²) in [6.07, 6.45) is 8.81. The minimum absolute atomic E-state index is 0.415. The molecule has 3 aromatic rings. The fourth-order valence-corrected chi connectivity index (χ4v) is 1.65. The highest BCUT2D eigenvalue weighted by Gasteiger charge is 2.00. The Hall–Kier alpha value is -2.69. The molecule has 0 amide bonds. The van der Waals surface area contributed by atoms with Crippen LogP contribution in [0.15, 0.2) is 61.4 Å². The quantitative estimate of drug-likeness (QED) is 0.714. The van der Waals surface area contributed by atoms with Crippen molar-refractivity contribution in [1.29, 1.82) is 0 Å². The van der Waals surface area contributed by atoms with Crippen molar-refractivity contribution >= 4 is 0 Å². The Kier molecular flexibility index (Phi) is 3.18. The smallest absolute Gasteiger partial charge is 0.213 e. The first-order valence-electron chi connectivity index (χ1n) is 5.89. The molecule has 0 spiro atoms. The molecule has 0 aliphatic carbocycles. The van der Waals surface area contributed by atoms with Crippen molar-refractivity contribution in [3.05, 3.63) is 67.1 Å². The van der Waals surface area contributed by atoms with E-state index in [2.05, 4.69) is 15.0 Å². The van der Waals surface area contributed by atoms with Crippen LogP contribution in [0.2, 0.25) is 0 Å². The largest absolute Gasteiger partial charge is 0.471 e. The molecule has 0 N–H and O–H groups in total. The molecule has 0 fully saturated rings. The van der Waals surface area contributed by atoms with Gasteiger partial charge in [-0.1, -0.05) is 6.07 Å². The van der Waals surface area contributed by atoms with E-state index in [0.717, 1.165) is 11.4 Å². The van der Waals surface area contributed by atoms with Crippen LogP contribution in [0, 0.1) is 0 Å². The van der Waals surface area contributed by atoms with Crippen LogP contribution in [-0.4, -0.2) is 19.5 Å². The first kappa shape index (κ1) is 11.4. The summed E-state index contributed by atoms with van der Waals surface area (Å²) in [5.74, 6) is 0.578. The maximum absolute atomic E-state index is 5.57. The van der Waals surface area contributed by atoms with Gasteiger partial charge in [0.25, 0.3) is 0 Å². The Morgan fingerprint density at radius 1 is 1.05 bits per heavy atom. The molecule has 19 heavy (non-hydrogen) atoms. The second kappa shape index (κ2) is 5.30. The summed E-state index contributed by atoms with van der Waals surface area (Å²) < 4.78 is 7.45. The molecular formula is C14H12N4O. The number of pyridine rings is 2. The summed E-state index contributed by atoms with van der Waals surface area (Å²) in [5.41, 5.74) is 1.82. The SMILES string of the molecule is c1ccc(COc2ccc(-n3ccnc3)cn2)nc1. The third kappa shape index (κ3) is 2.77. The molecule has 0 aromatic carbocycles. The lowest BCUT2D eigenvalue weighted by Crippen LogP contribution is -1.99. The average Bonchev–Trinajstić information content (AvgIpc) is 3.01. The molecule has 5 heteroatoms. The summed E-state index contributed by atoms with van der Waals surface area (Å²) in [6.45, 7) is 0.415. The van der Waals surface area contributed by atoms with Gasteiger partial charge in [-0.3, -0.25) is 4.98 Å². The highest BCUT2D eigenvalue weighted by Crippen LogP contribution is 2.12. The molecule has 0 unspecified atom stereocenters. The van der Waals surface area contributed by atoms with Gasteiger partial charge >= 0.3 is 0 Å². The molecule has 3 aromatic heterocycles. The zero-order valence-corrected chi connectivity index (χ0v) is 10.2. The fraction of sp³-hybridized carbons (Fsp3) is 0.0714. The molecule has 3 rings (SSSR count). The average molecular weight is 252 g/mol. The van der Waals surface area contributed by atoms with Gasteiger partial charge in [0.1, 0.15) is 6.61 Å². The molecule has 0 atom stereocenters. The van der Waals surface area contributed by atoms with E-state index in [0.29, 0.717) is 12.5 Å². The van der Waals surface area contributed by atoms with Crippen LogP contribution in [0.5, 0.6) is 5.88 Å². The van der Waals surface area contributed by atoms with Gasteiger partial charge in [0.05, 0.1) is 23.9 Å². The van der Waals surface area contributed by atoms with E-state index in [4.69, 9.17) is 4.74 Å². The van der Waals surface area contributed by atoms with Crippen molar-refractivity contribution in [2.24, 2.45) is 0 Å². The van der Waals surface area contributed by atoms with Crippen molar-refractivity contribution in [1.82, 2.24) is 19.5 Å². The van der Waals surface area contributed by atoms with Crippen LogP contribution in [-0.2, 0) is 6.61 Å². The minimum atomic E-state index is 0.415. The van der Waals surface area contributed by atoms with E-state index >= 15 is 0 Å². The third-order valence-corrected chi connectivity index (χ3v) is 2.62. The van der Waals surface area contributed by atoms with Crippen LogP contribution in [0.3, 0.4) is 0 Å². The number of hydrogen-bond donors (Lipinski definition) is 0. The van der Waals surface area contributed by atoms with E-state index in [1.54, 1.807) is 24.9 Å². The van der Waals surface area contributed by atoms with Gasteiger partial charge in [0.2, 0.25) is 5.88 Å². The summed E-state index contributed by atoms with van der Waals surface area (Å²) in [4.78, 5) is 12.4. The summed E-state index contributed by atoms with van der Waals surface area (Å²) in [5, 5.41) is 0. The van der Waals surface area contributed by atoms with Gasteiger partial charge < -0.3 is 9.30 Å². The number of aromatic nitrogens is 4. The van der Waals surface area contributed by atoms with Crippen LogP contribution in [0.25, 0.3) is 5.69 Å². The van der Waals surface area contributed by atoms with E-state index in [1.165, 1.54) is 0 Å². The normalized spacial score (nSPS) is 10.3. The molecule has 0 radical (unpaired) electrons. The lowest BCUT2D eigenvalue weighted by Gasteiger charge is -2.06. The molecule has 0 bridgehead atoms. The zero-order valence-electron chi connectivity index (χ0n) is 10.2. The summed E-state index contributed by atoms with van der Waals surface area (Å²) in [7, 11) is 0. The lowest BCUT2D eigenvalue weighted by molar-refractivity contribution is 0.289. The molecule has 0 saturated heterocycles. The molecule has 0 saturated carbocycles. The van der Waals surface area contributed by atoms with Crippen molar-refractivity contribution in [3.8, 4) is 11.6 Å². The van der Waals surface area contributed by atoms with Crippen molar-refractivity contribution in [3.63, 3.8) is 0 Å². The topological polar surface area (TPSA) is 52.8 Å². The van der Waals surface area contributed by atoms with Gasteiger partial charge in [-0.05, 0) is 18.2 Å². The number of ether oxygens (including phenoxy) is 1. The van der Waals surface area contributed by atoms with Crippen molar-refractivity contribution < 1.29 is 4.74 Å². The third-order valence-electron chi connectivity index (χ3n) is 2.62. The first-order valence-corrected chi connectivity index (χ1v) is 5.89. The van der Waals surface area contributed by atoms with Crippen molar-refractivity contribution in [2.75, 3.05) is 0 Å². The van der Waals surface area contributed by atoms with E-state index in [-0.39, 0.29) is 0 Å². The van der Waals surface area contributed by atoms with Crippen molar-refractivity contribution in [2.45, 2.75) is 6.61 Å². The number of hydrogen-bond acceptors (Lipinski definition) is 4. The molecule has 94 valence electrons. The maximum Gasteiger partial charge on any atom is 0.213 e. The standard InChI is InChI=1S/C14H12N4O/c1-2-6-16-12(3-1)10-19-14-5-4-13(9-17-14)18-8-7-15-11-18/h1-9,11H,10H2. The summed E-state index contributed by atoms with van der Waals surface area (Å²) in [6, 6.07) is 9.49. The van der Waals surface area contributed by atoms with E-state index in [1.807, 2.05) is 41.1 Å². The zero-order chi connectivity index (χ0) is 12.9. The Labute approximate surface area is 110 Å². The lowest BCUT2D eigenvalue weighted by atomic mass is 10.4. The van der Waals surface area contributed by atoms with E-state index < -0.39 is 0 Å². The van der Waals surface area contributed by atoms with Crippen LogP contribution < -0.4 is 4.74 Å². The number of rotatable bonds is 4. The molecule has 0 aliphatic heterocycles. The maximum atomic E-state index is 5.57. The fourth-order valence-electron chi connectivity index (χ4n) is 1.65. The van der Waals surface area contributed by atoms with Gasteiger partial charge in [-0.2, -0.15) is 0 Å². The second-order valence-electron chi connectivity index (χ2n) is 3.93. The van der Waals surface area contributed by atoms with Gasteiger partial charge in [-0.15, -0.1) is 0 Å².